The van der Waals surface area contributed by atoms with Crippen LogP contribution in [0.5, 0.6) is 5.75 Å². The monoisotopic (exact) mass is 518 g/mol. The van der Waals surface area contributed by atoms with Crippen LogP contribution >= 0.6 is 0 Å². The van der Waals surface area contributed by atoms with Crippen LogP contribution in [0.1, 0.15) is 24.8 Å². The Morgan fingerprint density at radius 2 is 1.79 bits per heavy atom. The minimum absolute atomic E-state index is 0.0679. The summed E-state index contributed by atoms with van der Waals surface area (Å²) in [6.45, 7) is 8.51. The minimum Gasteiger partial charge on any atom is -0.497 e. The Morgan fingerprint density at radius 3 is 2.55 bits per heavy atom. The van der Waals surface area contributed by atoms with Crippen molar-refractivity contribution in [1.82, 2.24) is 25.3 Å². The van der Waals surface area contributed by atoms with Crippen LogP contribution in [-0.2, 0) is 11.3 Å². The third-order valence-corrected chi connectivity index (χ3v) is 7.49. The lowest BCUT2D eigenvalue weighted by Gasteiger charge is -2.34. The van der Waals surface area contributed by atoms with E-state index in [1.54, 1.807) is 7.11 Å². The van der Waals surface area contributed by atoms with E-state index in [2.05, 4.69) is 55.6 Å². The highest BCUT2D eigenvalue weighted by Gasteiger charge is 2.28. The first-order valence-corrected chi connectivity index (χ1v) is 13.7. The third-order valence-electron chi connectivity index (χ3n) is 7.49. The number of rotatable bonds is 10. The lowest BCUT2D eigenvalue weighted by Crippen LogP contribution is -2.47. The number of aromatic nitrogens is 2. The first-order valence-electron chi connectivity index (χ1n) is 13.7. The van der Waals surface area contributed by atoms with Gasteiger partial charge in [0.05, 0.1) is 13.0 Å². The normalized spacial score (nSPS) is 18.9. The maximum atomic E-state index is 12.9. The summed E-state index contributed by atoms with van der Waals surface area (Å²) in [7, 11) is 1.64. The minimum atomic E-state index is -0.0679. The summed E-state index contributed by atoms with van der Waals surface area (Å²) in [6.07, 6.45) is 2.77. The second kappa shape index (κ2) is 12.9. The van der Waals surface area contributed by atoms with Crippen LogP contribution in [0.2, 0.25) is 0 Å². The van der Waals surface area contributed by atoms with Crippen molar-refractivity contribution in [3.8, 4) is 17.1 Å². The Morgan fingerprint density at radius 1 is 1.03 bits per heavy atom. The Labute approximate surface area is 224 Å². The Bertz CT molecular complexity index is 1140. The van der Waals surface area contributed by atoms with Crippen molar-refractivity contribution in [2.45, 2.75) is 25.8 Å². The summed E-state index contributed by atoms with van der Waals surface area (Å²) in [5, 5.41) is 7.31. The van der Waals surface area contributed by atoms with Crippen LogP contribution in [0.15, 0.2) is 59.1 Å². The number of methoxy groups -OCH3 is 1. The summed E-state index contributed by atoms with van der Waals surface area (Å²) in [5.41, 5.74) is 2.24. The number of benzene rings is 2. The number of ether oxygens (including phenoxy) is 1. The molecule has 9 nitrogen and oxygen atoms in total. The second-order valence-corrected chi connectivity index (χ2v) is 10.2. The number of hydrogen-bond donors (Lipinski definition) is 1. The molecule has 5 rings (SSSR count). The third kappa shape index (κ3) is 6.90. The predicted molar refractivity (Wildman–Crippen MR) is 147 cm³/mol. The zero-order valence-corrected chi connectivity index (χ0v) is 22.2. The highest BCUT2D eigenvalue weighted by molar-refractivity contribution is 5.79. The Kier molecular flexibility index (Phi) is 8.88. The fourth-order valence-electron chi connectivity index (χ4n) is 5.24. The molecule has 0 bridgehead atoms. The van der Waals surface area contributed by atoms with Crippen molar-refractivity contribution in [2.75, 3.05) is 64.4 Å². The van der Waals surface area contributed by atoms with Crippen molar-refractivity contribution in [1.29, 1.82) is 0 Å². The van der Waals surface area contributed by atoms with E-state index >= 15 is 0 Å². The molecule has 3 heterocycles. The SMILES string of the molecule is COc1ccc(-c2noc(N3CCC[C@H](C(=O)NCCCN4CCN(Cc5ccccc5)CC4)C3)n2)cc1. The number of carbonyl (C=O) groups is 1. The number of nitrogens with zero attached hydrogens (tertiary/aromatic N) is 5. The molecule has 1 amide bonds. The average molecular weight is 519 g/mol. The van der Waals surface area contributed by atoms with E-state index in [0.717, 1.165) is 76.4 Å². The lowest BCUT2D eigenvalue weighted by molar-refractivity contribution is -0.125. The number of anilines is 1. The van der Waals surface area contributed by atoms with Crippen molar-refractivity contribution in [2.24, 2.45) is 5.92 Å². The lowest BCUT2D eigenvalue weighted by atomic mass is 9.97. The molecule has 2 fully saturated rings. The van der Waals surface area contributed by atoms with E-state index in [-0.39, 0.29) is 11.8 Å². The maximum absolute atomic E-state index is 12.9. The van der Waals surface area contributed by atoms with Crippen molar-refractivity contribution in [3.05, 3.63) is 60.2 Å². The fraction of sp³-hybridized carbons (Fsp3) is 0.483. The summed E-state index contributed by atoms with van der Waals surface area (Å²) >= 11 is 0. The van der Waals surface area contributed by atoms with Crippen LogP contribution in [0.4, 0.5) is 6.01 Å². The van der Waals surface area contributed by atoms with Gasteiger partial charge in [-0.15, -0.1) is 0 Å². The molecule has 0 spiro atoms. The molecule has 2 aromatic carbocycles. The Balaban J connectivity index is 1.01. The highest BCUT2D eigenvalue weighted by atomic mass is 16.5. The molecular weight excluding hydrogens is 480 g/mol. The molecule has 1 atom stereocenters. The molecule has 0 unspecified atom stereocenters. The summed E-state index contributed by atoms with van der Waals surface area (Å²) in [6, 6.07) is 18.7. The molecule has 1 aromatic heterocycles. The molecule has 9 heteroatoms. The molecule has 0 aliphatic carbocycles. The first-order chi connectivity index (χ1) is 18.7. The van der Waals surface area contributed by atoms with Gasteiger partial charge in [-0.05, 0) is 55.6 Å². The molecule has 2 saturated heterocycles. The molecule has 2 aliphatic heterocycles. The van der Waals surface area contributed by atoms with E-state index in [1.165, 1.54) is 5.56 Å². The van der Waals surface area contributed by atoms with Gasteiger partial charge in [-0.2, -0.15) is 4.98 Å². The number of piperazine rings is 1. The second-order valence-electron chi connectivity index (χ2n) is 10.2. The van der Waals surface area contributed by atoms with Gasteiger partial charge in [0.15, 0.2) is 0 Å². The summed E-state index contributed by atoms with van der Waals surface area (Å²) < 4.78 is 10.8. The van der Waals surface area contributed by atoms with Gasteiger partial charge in [-0.1, -0.05) is 35.5 Å². The van der Waals surface area contributed by atoms with Gasteiger partial charge in [-0.25, -0.2) is 0 Å². The van der Waals surface area contributed by atoms with E-state index in [0.29, 0.717) is 24.9 Å². The van der Waals surface area contributed by atoms with Gasteiger partial charge in [0, 0.05) is 57.9 Å². The topological polar surface area (TPSA) is 87.0 Å². The van der Waals surface area contributed by atoms with E-state index in [1.807, 2.05) is 29.2 Å². The largest absolute Gasteiger partial charge is 0.497 e. The molecular formula is C29H38N6O3. The van der Waals surface area contributed by atoms with E-state index in [4.69, 9.17) is 9.26 Å². The zero-order chi connectivity index (χ0) is 26.2. The Hall–Kier alpha value is -3.43. The van der Waals surface area contributed by atoms with Crippen LogP contribution in [0, 0.1) is 5.92 Å². The molecule has 1 N–H and O–H groups in total. The number of amides is 1. The standard InChI is InChI=1S/C29H38N6O3/c1-37-26-12-10-24(11-13-26)27-31-29(38-32-27)35-16-5-9-25(22-35)28(36)30-14-6-15-33-17-19-34(20-18-33)21-23-7-3-2-4-8-23/h2-4,7-8,10-13,25H,5-6,9,14-22H2,1H3,(H,30,36)/t25-/m0/s1. The highest BCUT2D eigenvalue weighted by Crippen LogP contribution is 2.26. The quantitative estimate of drug-likeness (QED) is 0.409. The van der Waals surface area contributed by atoms with E-state index in [9.17, 15) is 4.79 Å². The summed E-state index contributed by atoms with van der Waals surface area (Å²) in [4.78, 5) is 24.5. The molecule has 38 heavy (non-hydrogen) atoms. The van der Waals surface area contributed by atoms with Crippen molar-refractivity contribution in [3.63, 3.8) is 0 Å². The fourth-order valence-corrected chi connectivity index (χ4v) is 5.24. The van der Waals surface area contributed by atoms with Crippen molar-refractivity contribution < 1.29 is 14.1 Å². The zero-order valence-electron chi connectivity index (χ0n) is 22.2. The van der Waals surface area contributed by atoms with Crippen LogP contribution in [0.3, 0.4) is 0 Å². The van der Waals surface area contributed by atoms with Gasteiger partial charge in [0.1, 0.15) is 5.75 Å². The van der Waals surface area contributed by atoms with Crippen LogP contribution in [0.25, 0.3) is 11.4 Å². The first kappa shape index (κ1) is 26.2. The molecule has 0 radical (unpaired) electrons. The van der Waals surface area contributed by atoms with Crippen LogP contribution in [-0.4, -0.2) is 85.3 Å². The molecule has 0 saturated carbocycles. The predicted octanol–water partition coefficient (Wildman–Crippen LogP) is 3.29. The smallest absolute Gasteiger partial charge is 0.324 e. The van der Waals surface area contributed by atoms with Crippen molar-refractivity contribution >= 4 is 11.9 Å². The van der Waals surface area contributed by atoms with Gasteiger partial charge in [0.2, 0.25) is 11.7 Å². The van der Waals surface area contributed by atoms with Gasteiger partial charge in [0.25, 0.3) is 0 Å². The number of hydrogen-bond acceptors (Lipinski definition) is 8. The number of nitrogens with one attached hydrogen (secondary N) is 1. The molecule has 3 aromatic rings. The summed E-state index contributed by atoms with van der Waals surface area (Å²) in [5.74, 6) is 1.37. The number of carbonyl (C=O) groups excluding carboxylic acids is 1. The average Bonchev–Trinajstić information content (AvgIpc) is 3.47. The van der Waals surface area contributed by atoms with Gasteiger partial charge in [-0.3, -0.25) is 9.69 Å². The van der Waals surface area contributed by atoms with Gasteiger partial charge >= 0.3 is 6.01 Å². The van der Waals surface area contributed by atoms with Gasteiger partial charge < -0.3 is 24.4 Å². The number of piperidine rings is 1. The molecule has 202 valence electrons. The van der Waals surface area contributed by atoms with Crippen LogP contribution < -0.4 is 15.0 Å². The van der Waals surface area contributed by atoms with E-state index < -0.39 is 0 Å². The maximum Gasteiger partial charge on any atom is 0.324 e. The molecule has 2 aliphatic rings.